The lowest BCUT2D eigenvalue weighted by atomic mass is 10.1. The summed E-state index contributed by atoms with van der Waals surface area (Å²) in [5.74, 6) is -0.558. The molecule has 2 aromatic rings. The standard InChI is InChI=1S/C19H18N2O4/c1-3-12(2)21-18(22)15(11-20)10-16-8-9-17(25-16)13-4-6-14(7-5-13)19(23)24/h4-10,12H,3H2,1-2H3,(H,21,22)(H,23,24)/b15-10+/t12-/m1/s1. The molecule has 0 bridgehead atoms. The van der Waals surface area contributed by atoms with E-state index in [-0.39, 0.29) is 17.2 Å². The molecule has 1 amide bonds. The topological polar surface area (TPSA) is 103 Å². The largest absolute Gasteiger partial charge is 0.478 e. The Morgan fingerprint density at radius 1 is 1.28 bits per heavy atom. The van der Waals surface area contributed by atoms with E-state index in [0.717, 1.165) is 6.42 Å². The highest BCUT2D eigenvalue weighted by Crippen LogP contribution is 2.24. The third-order valence-electron chi connectivity index (χ3n) is 3.68. The number of carboxylic acids is 1. The normalized spacial score (nSPS) is 12.3. The number of rotatable bonds is 6. The van der Waals surface area contributed by atoms with E-state index in [9.17, 15) is 14.9 Å². The molecular formula is C19H18N2O4. The number of carboxylic acid groups (broad SMARTS) is 1. The first-order valence-corrected chi connectivity index (χ1v) is 7.80. The molecule has 0 saturated carbocycles. The van der Waals surface area contributed by atoms with Crippen molar-refractivity contribution in [1.82, 2.24) is 5.32 Å². The lowest BCUT2D eigenvalue weighted by Crippen LogP contribution is -2.32. The number of nitriles is 1. The maximum atomic E-state index is 12.0. The van der Waals surface area contributed by atoms with Crippen molar-refractivity contribution in [1.29, 1.82) is 5.26 Å². The molecule has 0 radical (unpaired) electrons. The van der Waals surface area contributed by atoms with Crippen molar-refractivity contribution in [2.24, 2.45) is 0 Å². The van der Waals surface area contributed by atoms with Crippen LogP contribution in [0.2, 0.25) is 0 Å². The Balaban J connectivity index is 2.20. The van der Waals surface area contributed by atoms with Gasteiger partial charge < -0.3 is 14.8 Å². The number of hydrogen-bond acceptors (Lipinski definition) is 4. The van der Waals surface area contributed by atoms with Crippen molar-refractivity contribution in [2.75, 3.05) is 0 Å². The Bertz CT molecular complexity index is 841. The van der Waals surface area contributed by atoms with Gasteiger partial charge in [-0.3, -0.25) is 4.79 Å². The molecule has 0 spiro atoms. The highest BCUT2D eigenvalue weighted by molar-refractivity contribution is 6.01. The molecule has 2 rings (SSSR count). The number of carbonyl (C=O) groups is 2. The minimum absolute atomic E-state index is 0.0239. The van der Waals surface area contributed by atoms with Gasteiger partial charge in [0.1, 0.15) is 23.2 Å². The zero-order valence-electron chi connectivity index (χ0n) is 13.9. The van der Waals surface area contributed by atoms with Crippen LogP contribution in [0.4, 0.5) is 0 Å². The van der Waals surface area contributed by atoms with Crippen molar-refractivity contribution in [3.05, 3.63) is 53.3 Å². The van der Waals surface area contributed by atoms with Gasteiger partial charge in [0.05, 0.1) is 5.56 Å². The van der Waals surface area contributed by atoms with Crippen molar-refractivity contribution in [2.45, 2.75) is 26.3 Å². The van der Waals surface area contributed by atoms with Crippen LogP contribution in [-0.4, -0.2) is 23.0 Å². The summed E-state index contributed by atoms with van der Waals surface area (Å²) in [5, 5.41) is 20.8. The molecule has 1 aromatic heterocycles. The molecule has 1 heterocycles. The molecule has 1 aromatic carbocycles. The van der Waals surface area contributed by atoms with Gasteiger partial charge in [-0.1, -0.05) is 19.1 Å². The van der Waals surface area contributed by atoms with E-state index in [2.05, 4.69) is 5.32 Å². The zero-order chi connectivity index (χ0) is 18.4. The van der Waals surface area contributed by atoms with E-state index < -0.39 is 11.9 Å². The van der Waals surface area contributed by atoms with Gasteiger partial charge in [-0.15, -0.1) is 0 Å². The summed E-state index contributed by atoms with van der Waals surface area (Å²) in [6, 6.07) is 11.4. The maximum Gasteiger partial charge on any atom is 0.335 e. The molecule has 1 atom stereocenters. The second-order valence-electron chi connectivity index (χ2n) is 5.54. The van der Waals surface area contributed by atoms with Gasteiger partial charge in [-0.25, -0.2) is 4.79 Å². The fraction of sp³-hybridized carbons (Fsp3) is 0.211. The Hall–Kier alpha value is -3.33. The lowest BCUT2D eigenvalue weighted by Gasteiger charge is -2.09. The van der Waals surface area contributed by atoms with Crippen LogP contribution in [0.15, 0.2) is 46.4 Å². The van der Waals surface area contributed by atoms with Crippen LogP contribution < -0.4 is 5.32 Å². The molecule has 128 valence electrons. The van der Waals surface area contributed by atoms with Crippen LogP contribution in [0.1, 0.15) is 36.4 Å². The molecule has 2 N–H and O–H groups in total. The predicted octanol–water partition coefficient (Wildman–Crippen LogP) is 3.47. The minimum atomic E-state index is -0.999. The molecule has 6 nitrogen and oxygen atoms in total. The van der Waals surface area contributed by atoms with E-state index >= 15 is 0 Å². The number of carbonyl (C=O) groups excluding carboxylic acids is 1. The molecule has 0 saturated heterocycles. The van der Waals surface area contributed by atoms with Crippen molar-refractivity contribution >= 4 is 18.0 Å². The van der Waals surface area contributed by atoms with Crippen LogP contribution >= 0.6 is 0 Å². The molecule has 0 unspecified atom stereocenters. The van der Waals surface area contributed by atoms with Gasteiger partial charge in [0.2, 0.25) is 0 Å². The summed E-state index contributed by atoms with van der Waals surface area (Å²) >= 11 is 0. The maximum absolute atomic E-state index is 12.0. The Labute approximate surface area is 145 Å². The van der Waals surface area contributed by atoms with Crippen molar-refractivity contribution < 1.29 is 19.1 Å². The summed E-state index contributed by atoms with van der Waals surface area (Å²) in [6.45, 7) is 3.80. The van der Waals surface area contributed by atoms with Gasteiger partial charge in [-0.2, -0.15) is 5.26 Å². The zero-order valence-corrected chi connectivity index (χ0v) is 13.9. The monoisotopic (exact) mass is 338 g/mol. The molecular weight excluding hydrogens is 320 g/mol. The van der Waals surface area contributed by atoms with Crippen LogP contribution in [0.3, 0.4) is 0 Å². The third-order valence-corrected chi connectivity index (χ3v) is 3.68. The Morgan fingerprint density at radius 3 is 2.52 bits per heavy atom. The Morgan fingerprint density at radius 2 is 1.96 bits per heavy atom. The van der Waals surface area contributed by atoms with Gasteiger partial charge >= 0.3 is 5.97 Å². The second kappa shape index (κ2) is 7.97. The van der Waals surface area contributed by atoms with Crippen molar-refractivity contribution in [3.8, 4) is 17.4 Å². The van der Waals surface area contributed by atoms with Crippen LogP contribution in [-0.2, 0) is 4.79 Å². The van der Waals surface area contributed by atoms with Gasteiger partial charge in [0.15, 0.2) is 0 Å². The summed E-state index contributed by atoms with van der Waals surface area (Å²) in [4.78, 5) is 22.9. The number of benzene rings is 1. The molecule has 0 fully saturated rings. The van der Waals surface area contributed by atoms with Gasteiger partial charge in [-0.05, 0) is 37.6 Å². The SMILES string of the molecule is CC[C@@H](C)NC(=O)/C(C#N)=C/c1ccc(-c2ccc(C(=O)O)cc2)o1. The number of furan rings is 1. The van der Waals surface area contributed by atoms with Gasteiger partial charge in [0, 0.05) is 17.7 Å². The smallest absolute Gasteiger partial charge is 0.335 e. The van der Waals surface area contributed by atoms with E-state index in [1.165, 1.54) is 18.2 Å². The quantitative estimate of drug-likeness (QED) is 0.620. The number of amides is 1. The summed E-state index contributed by atoms with van der Waals surface area (Å²) in [5.41, 5.74) is 0.846. The number of nitrogens with one attached hydrogen (secondary N) is 1. The summed E-state index contributed by atoms with van der Waals surface area (Å²) in [7, 11) is 0. The number of nitrogens with zero attached hydrogens (tertiary/aromatic N) is 1. The fourth-order valence-corrected chi connectivity index (χ4v) is 2.06. The fourth-order valence-electron chi connectivity index (χ4n) is 2.06. The van der Waals surface area contributed by atoms with Crippen LogP contribution in [0.25, 0.3) is 17.4 Å². The number of hydrogen-bond donors (Lipinski definition) is 2. The summed E-state index contributed by atoms with van der Waals surface area (Å²) in [6.07, 6.45) is 2.15. The number of aromatic carboxylic acids is 1. The molecule has 25 heavy (non-hydrogen) atoms. The summed E-state index contributed by atoms with van der Waals surface area (Å²) < 4.78 is 5.63. The second-order valence-corrected chi connectivity index (χ2v) is 5.54. The average molecular weight is 338 g/mol. The van der Waals surface area contributed by atoms with Gasteiger partial charge in [0.25, 0.3) is 5.91 Å². The van der Waals surface area contributed by atoms with E-state index in [4.69, 9.17) is 9.52 Å². The molecule has 6 heteroatoms. The first-order chi connectivity index (χ1) is 11.9. The first kappa shape index (κ1) is 18.0. The van der Waals surface area contributed by atoms with Crippen molar-refractivity contribution in [3.63, 3.8) is 0 Å². The van der Waals surface area contributed by atoms with Crippen LogP contribution in [0, 0.1) is 11.3 Å². The molecule has 0 aliphatic rings. The first-order valence-electron chi connectivity index (χ1n) is 7.80. The average Bonchev–Trinajstić information content (AvgIpc) is 3.08. The molecule has 0 aliphatic carbocycles. The Kier molecular flexibility index (Phi) is 5.75. The van der Waals surface area contributed by atoms with E-state index in [1.54, 1.807) is 24.3 Å². The predicted molar refractivity (Wildman–Crippen MR) is 92.6 cm³/mol. The highest BCUT2D eigenvalue weighted by atomic mass is 16.4. The third kappa shape index (κ3) is 4.58. The minimum Gasteiger partial charge on any atom is -0.478 e. The molecule has 0 aliphatic heterocycles. The van der Waals surface area contributed by atoms with E-state index in [0.29, 0.717) is 17.1 Å². The highest BCUT2D eigenvalue weighted by Gasteiger charge is 2.13. The van der Waals surface area contributed by atoms with Crippen LogP contribution in [0.5, 0.6) is 0 Å². The lowest BCUT2D eigenvalue weighted by molar-refractivity contribution is -0.117. The van der Waals surface area contributed by atoms with E-state index in [1.807, 2.05) is 19.9 Å².